The maximum Gasteiger partial charge on any atom is 0.339 e. The van der Waals surface area contributed by atoms with Gasteiger partial charge in [0.05, 0.1) is 5.02 Å². The second-order valence-electron chi connectivity index (χ2n) is 6.00. The summed E-state index contributed by atoms with van der Waals surface area (Å²) in [7, 11) is 0. The first-order valence-electron chi connectivity index (χ1n) is 7.88. The summed E-state index contributed by atoms with van der Waals surface area (Å²) in [6, 6.07) is 8.68. The van der Waals surface area contributed by atoms with Crippen molar-refractivity contribution in [3.05, 3.63) is 72.5 Å². The molecule has 0 saturated carbocycles. The van der Waals surface area contributed by atoms with Gasteiger partial charge < -0.3 is 9.15 Å². The second-order valence-corrected chi connectivity index (χ2v) is 7.25. The van der Waals surface area contributed by atoms with Crippen LogP contribution in [0.15, 0.2) is 39.5 Å². The van der Waals surface area contributed by atoms with Crippen LogP contribution in [0.25, 0.3) is 11.0 Å². The molecule has 0 radical (unpaired) electrons. The van der Waals surface area contributed by atoms with Gasteiger partial charge in [-0.2, -0.15) is 0 Å². The fourth-order valence-electron chi connectivity index (χ4n) is 3.19. The van der Waals surface area contributed by atoms with E-state index in [1.807, 2.05) is 6.07 Å². The molecule has 6 heteroatoms. The lowest BCUT2D eigenvalue weighted by molar-refractivity contribution is 0.306. The molecule has 0 N–H and O–H groups in total. The van der Waals surface area contributed by atoms with E-state index in [1.165, 1.54) is 0 Å². The zero-order valence-corrected chi connectivity index (χ0v) is 15.3. The fourth-order valence-corrected chi connectivity index (χ4v) is 3.87. The molecule has 0 spiro atoms. The van der Waals surface area contributed by atoms with Crippen LogP contribution in [0.2, 0.25) is 15.1 Å². The Hall–Kier alpha value is -1.68. The summed E-state index contributed by atoms with van der Waals surface area (Å²) in [6.07, 6.45) is 2.59. The smallest absolute Gasteiger partial charge is 0.339 e. The molecule has 128 valence electrons. The molecule has 1 aliphatic rings. The Kier molecular flexibility index (Phi) is 4.40. The summed E-state index contributed by atoms with van der Waals surface area (Å²) in [5.74, 6) is 0.446. The first kappa shape index (κ1) is 16.8. The number of hydrogen-bond donors (Lipinski definition) is 0. The van der Waals surface area contributed by atoms with Crippen molar-refractivity contribution in [3.63, 3.8) is 0 Å². The minimum Gasteiger partial charge on any atom is -0.487 e. The highest BCUT2D eigenvalue weighted by Crippen LogP contribution is 2.35. The summed E-state index contributed by atoms with van der Waals surface area (Å²) in [4.78, 5) is 12.1. The van der Waals surface area contributed by atoms with Crippen molar-refractivity contribution in [2.45, 2.75) is 25.9 Å². The summed E-state index contributed by atoms with van der Waals surface area (Å²) in [6.45, 7) is 0.233. The van der Waals surface area contributed by atoms with E-state index < -0.39 is 0 Å². The topological polar surface area (TPSA) is 39.4 Å². The Morgan fingerprint density at radius 1 is 1.00 bits per heavy atom. The number of halogens is 3. The van der Waals surface area contributed by atoms with Gasteiger partial charge >= 0.3 is 5.63 Å². The largest absolute Gasteiger partial charge is 0.487 e. The van der Waals surface area contributed by atoms with Crippen LogP contribution >= 0.6 is 34.8 Å². The molecule has 3 aromatic rings. The molecule has 0 amide bonds. The molecule has 2 aromatic carbocycles. The average Bonchev–Trinajstić information content (AvgIpc) is 3.06. The minimum absolute atomic E-state index is 0.233. The zero-order valence-electron chi connectivity index (χ0n) is 13.1. The molecule has 0 saturated heterocycles. The maximum atomic E-state index is 12.1. The van der Waals surface area contributed by atoms with Crippen LogP contribution in [0.1, 0.15) is 23.1 Å². The summed E-state index contributed by atoms with van der Waals surface area (Å²) in [5, 5.41) is 2.44. The Labute approximate surface area is 159 Å². The van der Waals surface area contributed by atoms with Crippen LogP contribution in [0, 0.1) is 0 Å². The summed E-state index contributed by atoms with van der Waals surface area (Å²) in [5.41, 5.74) is 2.82. The van der Waals surface area contributed by atoms with E-state index in [0.29, 0.717) is 26.4 Å². The highest BCUT2D eigenvalue weighted by atomic mass is 35.5. The van der Waals surface area contributed by atoms with Gasteiger partial charge in [0.1, 0.15) is 17.9 Å². The van der Waals surface area contributed by atoms with Crippen molar-refractivity contribution in [2.75, 3.05) is 0 Å². The number of rotatable bonds is 3. The number of fused-ring (bicyclic) bond motifs is 3. The van der Waals surface area contributed by atoms with Gasteiger partial charge in [0, 0.05) is 32.6 Å². The quantitative estimate of drug-likeness (QED) is 0.524. The van der Waals surface area contributed by atoms with E-state index in [9.17, 15) is 4.79 Å². The molecule has 3 nitrogen and oxygen atoms in total. The first-order valence-corrected chi connectivity index (χ1v) is 9.01. The predicted octanol–water partition coefficient (Wildman–Crippen LogP) is 5.82. The van der Waals surface area contributed by atoms with E-state index >= 15 is 0 Å². The first-order chi connectivity index (χ1) is 12.0. The second kappa shape index (κ2) is 6.56. The maximum absolute atomic E-state index is 12.1. The van der Waals surface area contributed by atoms with Gasteiger partial charge in [-0.1, -0.05) is 40.9 Å². The average molecular weight is 396 g/mol. The zero-order chi connectivity index (χ0) is 17.6. The molecular weight excluding hydrogens is 383 g/mol. The number of aryl methyl sites for hydroxylation is 1. The van der Waals surface area contributed by atoms with Crippen molar-refractivity contribution >= 4 is 45.8 Å². The molecule has 4 rings (SSSR count). The molecule has 0 unspecified atom stereocenters. The summed E-state index contributed by atoms with van der Waals surface area (Å²) >= 11 is 18.4. The molecule has 0 atom stereocenters. The van der Waals surface area contributed by atoms with Crippen LogP contribution in [0.4, 0.5) is 0 Å². The van der Waals surface area contributed by atoms with Gasteiger partial charge in [-0.3, -0.25) is 0 Å². The third-order valence-electron chi connectivity index (χ3n) is 4.42. The number of benzene rings is 2. The van der Waals surface area contributed by atoms with Crippen LogP contribution in [0.3, 0.4) is 0 Å². The van der Waals surface area contributed by atoms with Gasteiger partial charge in [-0.15, -0.1) is 0 Å². The lowest BCUT2D eigenvalue weighted by Gasteiger charge is -2.11. The predicted molar refractivity (Wildman–Crippen MR) is 100 cm³/mol. The van der Waals surface area contributed by atoms with Crippen LogP contribution in [-0.4, -0.2) is 0 Å². The highest BCUT2D eigenvalue weighted by Gasteiger charge is 2.21. The van der Waals surface area contributed by atoms with Gasteiger partial charge in [0.15, 0.2) is 0 Å². The Morgan fingerprint density at radius 3 is 2.60 bits per heavy atom. The van der Waals surface area contributed by atoms with Crippen molar-refractivity contribution in [1.82, 2.24) is 0 Å². The lowest BCUT2D eigenvalue weighted by Crippen LogP contribution is -2.07. The summed E-state index contributed by atoms with van der Waals surface area (Å²) < 4.78 is 11.2. The SMILES string of the molecule is O=c1oc2cc(OCc3ccc(Cl)cc3Cl)c(Cl)cc2c2c1CCC2. The third kappa shape index (κ3) is 3.12. The molecule has 1 aliphatic carbocycles. The Morgan fingerprint density at radius 2 is 1.80 bits per heavy atom. The van der Waals surface area contributed by atoms with E-state index in [1.54, 1.807) is 24.3 Å². The van der Waals surface area contributed by atoms with Crippen molar-refractivity contribution in [2.24, 2.45) is 0 Å². The van der Waals surface area contributed by atoms with Gasteiger partial charge in [-0.25, -0.2) is 4.79 Å². The number of ether oxygens (including phenoxy) is 1. The van der Waals surface area contributed by atoms with Gasteiger partial charge in [0.2, 0.25) is 0 Å². The molecule has 0 aliphatic heterocycles. The van der Waals surface area contributed by atoms with Gasteiger partial charge in [0.25, 0.3) is 0 Å². The van der Waals surface area contributed by atoms with Crippen LogP contribution in [-0.2, 0) is 19.4 Å². The molecule has 1 aromatic heterocycles. The molecule has 0 fully saturated rings. The molecule has 0 bridgehead atoms. The van der Waals surface area contributed by atoms with Gasteiger partial charge in [-0.05, 0) is 43.0 Å². The Bertz CT molecular complexity index is 1040. The fraction of sp³-hybridized carbons (Fsp3) is 0.211. The standard InChI is InChI=1S/C19H13Cl3O3/c20-11-5-4-10(15(21)6-11)9-24-18-8-17-14(7-16(18)22)12-2-1-3-13(12)19(23)25-17/h4-8H,1-3,9H2. The van der Waals surface area contributed by atoms with Crippen LogP contribution in [0.5, 0.6) is 5.75 Å². The monoisotopic (exact) mass is 394 g/mol. The normalized spacial score (nSPS) is 13.2. The van der Waals surface area contributed by atoms with E-state index in [0.717, 1.165) is 41.3 Å². The van der Waals surface area contributed by atoms with E-state index in [2.05, 4.69) is 0 Å². The van der Waals surface area contributed by atoms with Crippen molar-refractivity contribution in [3.8, 4) is 5.75 Å². The van der Waals surface area contributed by atoms with E-state index in [4.69, 9.17) is 44.0 Å². The van der Waals surface area contributed by atoms with Crippen LogP contribution < -0.4 is 10.4 Å². The van der Waals surface area contributed by atoms with E-state index in [-0.39, 0.29) is 12.2 Å². The lowest BCUT2D eigenvalue weighted by atomic mass is 10.1. The Balaban J connectivity index is 1.69. The molecule has 1 heterocycles. The minimum atomic E-state index is -0.269. The molecule has 25 heavy (non-hydrogen) atoms. The third-order valence-corrected chi connectivity index (χ3v) is 5.31. The molecular formula is C19H13Cl3O3. The number of hydrogen-bond acceptors (Lipinski definition) is 3. The highest BCUT2D eigenvalue weighted by molar-refractivity contribution is 6.35. The van der Waals surface area contributed by atoms with Crippen molar-refractivity contribution < 1.29 is 9.15 Å². The van der Waals surface area contributed by atoms with Crippen molar-refractivity contribution in [1.29, 1.82) is 0 Å².